The molecule has 166 valence electrons. The molecule has 1 aromatic carbocycles. The summed E-state index contributed by atoms with van der Waals surface area (Å²) in [6.07, 6.45) is 3.96. The van der Waals surface area contributed by atoms with Crippen molar-refractivity contribution in [2.75, 3.05) is 10.6 Å². The molecule has 1 amide bonds. The first-order valence-corrected chi connectivity index (χ1v) is 11.3. The summed E-state index contributed by atoms with van der Waals surface area (Å²) in [6, 6.07) is 13.1. The molecule has 3 aromatic rings. The smallest absolute Gasteiger partial charge is 0.231 e. The van der Waals surface area contributed by atoms with Gasteiger partial charge in [-0.25, -0.2) is 4.98 Å². The lowest BCUT2D eigenvalue weighted by molar-refractivity contribution is -0.120. The Balaban J connectivity index is 1.45. The molecule has 2 fully saturated rings. The van der Waals surface area contributed by atoms with Crippen molar-refractivity contribution in [3.05, 3.63) is 59.9 Å². The van der Waals surface area contributed by atoms with Gasteiger partial charge in [0.25, 0.3) is 0 Å². The second-order valence-electron chi connectivity index (χ2n) is 9.93. The first-order chi connectivity index (χ1) is 15.8. The predicted octanol–water partition coefficient (Wildman–Crippen LogP) is 4.96. The largest absolute Gasteiger partial charge is 0.353 e. The topological polar surface area (TPSA) is 104 Å². The summed E-state index contributed by atoms with van der Waals surface area (Å²) in [5.74, 6) is 0.116. The molecule has 2 saturated carbocycles. The van der Waals surface area contributed by atoms with Crippen LogP contribution >= 0.6 is 0 Å². The van der Waals surface area contributed by atoms with Gasteiger partial charge in [0, 0.05) is 34.2 Å². The van der Waals surface area contributed by atoms with Crippen molar-refractivity contribution in [1.29, 1.82) is 0 Å². The zero-order valence-electron chi connectivity index (χ0n) is 18.5. The minimum absolute atomic E-state index is 0.00253. The van der Waals surface area contributed by atoms with E-state index in [1.807, 2.05) is 44.2 Å². The molecule has 3 aliphatic carbocycles. The number of nitrogens with zero attached hydrogens (tertiary/aromatic N) is 1. The fourth-order valence-electron chi connectivity index (χ4n) is 4.72. The van der Waals surface area contributed by atoms with Gasteiger partial charge in [0.1, 0.15) is 5.82 Å². The molecule has 0 aliphatic heterocycles. The molecule has 2 aromatic heterocycles. The quantitative estimate of drug-likeness (QED) is 0.520. The summed E-state index contributed by atoms with van der Waals surface area (Å²) < 4.78 is 0. The molecule has 7 nitrogen and oxygen atoms in total. The van der Waals surface area contributed by atoms with E-state index >= 15 is 0 Å². The number of H-pyrrole nitrogens is 1. The summed E-state index contributed by atoms with van der Waals surface area (Å²) in [4.78, 5) is 46.6. The monoisotopic (exact) mass is 440 g/mol. The Morgan fingerprint density at radius 1 is 1.09 bits per heavy atom. The third kappa shape index (κ3) is 3.03. The van der Waals surface area contributed by atoms with Gasteiger partial charge in [-0.15, -0.1) is 0 Å². The number of hydrogen-bond donors (Lipinski definition) is 3. The molecule has 0 unspecified atom stereocenters. The number of pyridine rings is 1. The van der Waals surface area contributed by atoms with Gasteiger partial charge in [-0.05, 0) is 43.5 Å². The van der Waals surface area contributed by atoms with Crippen LogP contribution in [0.1, 0.15) is 54.0 Å². The molecular weight excluding hydrogens is 416 g/mol. The van der Waals surface area contributed by atoms with Crippen molar-refractivity contribution in [3.8, 4) is 11.3 Å². The van der Waals surface area contributed by atoms with Crippen molar-refractivity contribution in [2.45, 2.75) is 33.1 Å². The molecule has 7 heteroatoms. The van der Waals surface area contributed by atoms with Crippen LogP contribution < -0.4 is 10.6 Å². The van der Waals surface area contributed by atoms with Crippen molar-refractivity contribution in [2.24, 2.45) is 16.7 Å². The number of aromatic nitrogens is 2. The highest BCUT2D eigenvalue weighted by atomic mass is 16.2. The average Bonchev–Trinajstić information content (AvgIpc) is 3.69. The Labute approximate surface area is 191 Å². The van der Waals surface area contributed by atoms with Crippen LogP contribution in [-0.2, 0) is 4.79 Å². The van der Waals surface area contributed by atoms with Crippen LogP contribution in [0.4, 0.5) is 17.2 Å². The maximum absolute atomic E-state index is 13.3. The number of rotatable bonds is 5. The molecule has 0 radical (unpaired) electrons. The number of ketones is 2. The van der Waals surface area contributed by atoms with E-state index in [1.165, 1.54) is 0 Å². The molecule has 33 heavy (non-hydrogen) atoms. The van der Waals surface area contributed by atoms with Gasteiger partial charge in [-0.1, -0.05) is 32.0 Å². The van der Waals surface area contributed by atoms with Gasteiger partial charge < -0.3 is 15.6 Å². The van der Waals surface area contributed by atoms with Gasteiger partial charge in [0.05, 0.1) is 22.6 Å². The van der Waals surface area contributed by atoms with E-state index in [2.05, 4.69) is 20.6 Å². The summed E-state index contributed by atoms with van der Waals surface area (Å²) in [5.41, 5.74) is 2.62. The Morgan fingerprint density at radius 2 is 1.85 bits per heavy atom. The van der Waals surface area contributed by atoms with Crippen LogP contribution in [0.25, 0.3) is 11.3 Å². The van der Waals surface area contributed by atoms with Crippen molar-refractivity contribution < 1.29 is 14.4 Å². The molecule has 2 atom stereocenters. The molecule has 2 heterocycles. The molecule has 6 rings (SSSR count). The standard InChI is InChI=1S/C26H24N4O3/c1-25(9-10-25)24(33)29-17-12-14(8-11-27-17)19-20(28-15-6-4-3-5-7-15)18-21(30-19)23(32)26(2)13-16(26)22(18)31/h3-8,11-12,16,28,30H,9-10,13H2,1-2H3,(H,27,29,33)/t16-,26-/m0/s1. The number of Topliss-reactive ketones (excluding diaryl/α,β-unsaturated/α-hetero) is 2. The Morgan fingerprint density at radius 3 is 2.58 bits per heavy atom. The molecule has 0 spiro atoms. The highest BCUT2D eigenvalue weighted by molar-refractivity contribution is 6.24. The van der Waals surface area contributed by atoms with Crippen LogP contribution in [0.5, 0.6) is 0 Å². The molecular formula is C26H24N4O3. The minimum atomic E-state index is -0.604. The molecule has 3 N–H and O–H groups in total. The number of para-hydroxylation sites is 1. The fourth-order valence-corrected chi connectivity index (χ4v) is 4.72. The summed E-state index contributed by atoms with van der Waals surface area (Å²) in [5, 5.41) is 6.27. The van der Waals surface area contributed by atoms with Gasteiger partial charge in [-0.2, -0.15) is 0 Å². The third-order valence-corrected chi connectivity index (χ3v) is 7.43. The van der Waals surface area contributed by atoms with E-state index in [-0.39, 0.29) is 28.8 Å². The zero-order chi connectivity index (χ0) is 23.0. The normalized spacial score (nSPS) is 24.0. The second-order valence-corrected chi connectivity index (χ2v) is 9.93. The maximum Gasteiger partial charge on any atom is 0.231 e. The summed E-state index contributed by atoms with van der Waals surface area (Å²) in [6.45, 7) is 3.81. The second kappa shape index (κ2) is 6.63. The average molecular weight is 441 g/mol. The summed E-state index contributed by atoms with van der Waals surface area (Å²) in [7, 11) is 0. The maximum atomic E-state index is 13.3. The first-order valence-electron chi connectivity index (χ1n) is 11.3. The van der Waals surface area contributed by atoms with Crippen LogP contribution in [0.2, 0.25) is 0 Å². The number of carbonyl (C=O) groups is 3. The Kier molecular flexibility index (Phi) is 4.00. The van der Waals surface area contributed by atoms with E-state index < -0.39 is 5.41 Å². The van der Waals surface area contributed by atoms with Crippen LogP contribution in [0, 0.1) is 16.7 Å². The van der Waals surface area contributed by atoms with Crippen molar-refractivity contribution in [1.82, 2.24) is 9.97 Å². The lowest BCUT2D eigenvalue weighted by atomic mass is 9.86. The molecule has 3 aliphatic rings. The molecule has 0 bridgehead atoms. The van der Waals surface area contributed by atoms with E-state index in [0.717, 1.165) is 24.1 Å². The van der Waals surface area contributed by atoms with Crippen molar-refractivity contribution >= 4 is 34.7 Å². The van der Waals surface area contributed by atoms with E-state index in [0.29, 0.717) is 34.9 Å². The minimum Gasteiger partial charge on any atom is -0.353 e. The predicted molar refractivity (Wildman–Crippen MR) is 125 cm³/mol. The molecule has 0 saturated heterocycles. The summed E-state index contributed by atoms with van der Waals surface area (Å²) >= 11 is 0. The number of benzene rings is 1. The van der Waals surface area contributed by atoms with Crippen LogP contribution in [0.3, 0.4) is 0 Å². The third-order valence-electron chi connectivity index (χ3n) is 7.43. The van der Waals surface area contributed by atoms with E-state index in [1.54, 1.807) is 18.3 Å². The highest BCUT2D eigenvalue weighted by Crippen LogP contribution is 2.60. The number of hydrogen-bond acceptors (Lipinski definition) is 5. The Bertz CT molecular complexity index is 1340. The van der Waals surface area contributed by atoms with Crippen LogP contribution in [0.15, 0.2) is 48.7 Å². The fraction of sp³-hybridized carbons (Fsp3) is 0.308. The van der Waals surface area contributed by atoms with E-state index in [4.69, 9.17) is 0 Å². The van der Waals surface area contributed by atoms with Gasteiger partial charge >= 0.3 is 0 Å². The number of carbonyl (C=O) groups excluding carboxylic acids is 3. The first kappa shape index (κ1) is 19.9. The number of amides is 1. The highest BCUT2D eigenvalue weighted by Gasteiger charge is 2.64. The van der Waals surface area contributed by atoms with Gasteiger partial charge in [0.15, 0.2) is 11.6 Å². The number of nitrogens with one attached hydrogen (secondary N) is 3. The van der Waals surface area contributed by atoms with Gasteiger partial charge in [-0.3, -0.25) is 14.4 Å². The SMILES string of the molecule is CC1(C(=O)Nc2cc(-c3[nH]c4c(c3Nc3ccccc3)C(=O)[C@@H]3C[C@]3(C)C4=O)ccn2)CC1. The number of anilines is 3. The van der Waals surface area contributed by atoms with Crippen molar-refractivity contribution in [3.63, 3.8) is 0 Å². The lowest BCUT2D eigenvalue weighted by Crippen LogP contribution is -2.26. The van der Waals surface area contributed by atoms with Gasteiger partial charge in [0.2, 0.25) is 5.91 Å². The van der Waals surface area contributed by atoms with E-state index in [9.17, 15) is 14.4 Å². The van der Waals surface area contributed by atoms with Crippen LogP contribution in [-0.4, -0.2) is 27.4 Å². The zero-order valence-corrected chi connectivity index (χ0v) is 18.5. The number of fused-ring (bicyclic) bond motifs is 2. The number of aromatic amines is 1. The Hall–Kier alpha value is -3.74. The lowest BCUT2D eigenvalue weighted by Gasteiger charge is -2.17.